The highest BCUT2D eigenvalue weighted by Crippen LogP contribution is 2.15. The lowest BCUT2D eigenvalue weighted by atomic mass is 10.0. The predicted octanol–water partition coefficient (Wildman–Crippen LogP) is 20.2. The van der Waals surface area contributed by atoms with Gasteiger partial charge in [0.25, 0.3) is 0 Å². The number of rotatable bonds is 54. The Hall–Kier alpha value is -2.66. The van der Waals surface area contributed by atoms with Gasteiger partial charge in [0.2, 0.25) is 0 Å². The van der Waals surface area contributed by atoms with E-state index in [0.29, 0.717) is 25.9 Å². The molecule has 0 fully saturated rings. The Morgan fingerprint density at radius 3 is 1.00 bits per heavy atom. The van der Waals surface area contributed by atoms with Crippen LogP contribution in [0.25, 0.3) is 0 Å². The fraction of sp³-hybridized carbons (Fsp3) is 0.778. The first-order valence-electron chi connectivity index (χ1n) is 29.5. The van der Waals surface area contributed by atoms with E-state index in [-0.39, 0.29) is 25.2 Å². The van der Waals surface area contributed by atoms with Gasteiger partial charge in [-0.3, -0.25) is 9.59 Å². The lowest BCUT2D eigenvalue weighted by Crippen LogP contribution is -2.29. The minimum atomic E-state index is -0.433. The van der Waals surface area contributed by atoms with Crippen LogP contribution >= 0.6 is 0 Å². The number of allylic oxidation sites excluding steroid dienone is 12. The van der Waals surface area contributed by atoms with Crippen molar-refractivity contribution >= 4 is 11.9 Å². The second-order valence-corrected chi connectivity index (χ2v) is 19.5. The molecule has 0 radical (unpaired) electrons. The average molecular weight is 950 g/mol. The molecule has 5 heteroatoms. The number of esters is 2. The monoisotopic (exact) mass is 949 g/mol. The van der Waals surface area contributed by atoms with Gasteiger partial charge in [-0.05, 0) is 83.5 Å². The number of carbonyl (C=O) groups is 2. The zero-order valence-corrected chi connectivity index (χ0v) is 45.4. The summed E-state index contributed by atoms with van der Waals surface area (Å²) in [5.41, 5.74) is 0. The predicted molar refractivity (Wildman–Crippen MR) is 297 cm³/mol. The molecule has 0 aromatic carbocycles. The van der Waals surface area contributed by atoms with Gasteiger partial charge in [-0.15, -0.1) is 0 Å². The van der Waals surface area contributed by atoms with Crippen molar-refractivity contribution in [2.45, 2.75) is 297 Å². The normalized spacial score (nSPS) is 12.7. The summed E-state index contributed by atoms with van der Waals surface area (Å²) >= 11 is 0. The third-order valence-corrected chi connectivity index (χ3v) is 12.8. The van der Waals surface area contributed by atoms with Crippen LogP contribution in [0.3, 0.4) is 0 Å². The Morgan fingerprint density at radius 1 is 0.309 bits per heavy atom. The van der Waals surface area contributed by atoms with Crippen LogP contribution in [0.1, 0.15) is 290 Å². The Labute approximate surface area is 423 Å². The number of hydrogen-bond acceptors (Lipinski definition) is 5. The smallest absolute Gasteiger partial charge is 0.306 e. The first-order valence-corrected chi connectivity index (χ1v) is 29.5. The zero-order valence-electron chi connectivity index (χ0n) is 45.4. The SMILES string of the molecule is CCCCC/C=C\C/C=C\C/C=C\C/C=C\C/C=C\CCC(=O)OC[C@H](COC(=O)CCCCCCCCC/C=C\CCCCCCCC)OCCCCCCCCCCCCCCCCCC. The van der Waals surface area contributed by atoms with E-state index in [1.807, 2.05) is 0 Å². The van der Waals surface area contributed by atoms with Crippen molar-refractivity contribution in [2.75, 3.05) is 19.8 Å². The third-order valence-electron chi connectivity index (χ3n) is 12.8. The van der Waals surface area contributed by atoms with Gasteiger partial charge in [-0.1, -0.05) is 267 Å². The standard InChI is InChI=1S/C63H112O5/c1-4-7-10-13-16-19-22-25-28-31-32-34-36-39-42-45-48-51-54-57-63(65)68-60-61(66-58-55-52-49-46-43-40-37-30-27-24-21-18-15-12-9-6-3)59-67-62(64)56-53-50-47-44-41-38-35-33-29-26-23-20-17-14-11-8-5-2/h16,19,25-26,28-29,32,34,39,42,48,51,61H,4-15,17-18,20-24,27,30-31,33,35-38,40-41,43-47,49-50,52-60H2,1-3H3/b19-16-,28-25-,29-26-,34-32-,42-39-,51-48-/t61-/m0/s1. The Balaban J connectivity index is 4.36. The van der Waals surface area contributed by atoms with Crippen molar-refractivity contribution in [3.05, 3.63) is 72.9 Å². The third kappa shape index (κ3) is 55.9. The second-order valence-electron chi connectivity index (χ2n) is 19.5. The van der Waals surface area contributed by atoms with Crippen LogP contribution < -0.4 is 0 Å². The molecule has 5 nitrogen and oxygen atoms in total. The van der Waals surface area contributed by atoms with Crippen molar-refractivity contribution in [3.8, 4) is 0 Å². The molecule has 0 aliphatic carbocycles. The molecule has 0 aliphatic rings. The molecule has 0 amide bonds. The topological polar surface area (TPSA) is 61.8 Å². The van der Waals surface area contributed by atoms with Crippen LogP contribution in [0, 0.1) is 0 Å². The Kier molecular flexibility index (Phi) is 56.4. The highest BCUT2D eigenvalue weighted by molar-refractivity contribution is 5.70. The molecule has 68 heavy (non-hydrogen) atoms. The minimum absolute atomic E-state index is 0.117. The maximum absolute atomic E-state index is 12.7. The average Bonchev–Trinajstić information content (AvgIpc) is 3.34. The minimum Gasteiger partial charge on any atom is -0.463 e. The van der Waals surface area contributed by atoms with Crippen LogP contribution in [0.2, 0.25) is 0 Å². The molecule has 0 bridgehead atoms. The first kappa shape index (κ1) is 65.3. The number of carbonyl (C=O) groups excluding carboxylic acids is 2. The van der Waals surface area contributed by atoms with Crippen LogP contribution in [-0.2, 0) is 23.8 Å². The van der Waals surface area contributed by atoms with E-state index in [1.165, 1.54) is 199 Å². The summed E-state index contributed by atoms with van der Waals surface area (Å²) in [6, 6.07) is 0. The van der Waals surface area contributed by atoms with E-state index >= 15 is 0 Å². The highest BCUT2D eigenvalue weighted by atomic mass is 16.6. The van der Waals surface area contributed by atoms with Crippen molar-refractivity contribution in [1.29, 1.82) is 0 Å². The van der Waals surface area contributed by atoms with Crippen molar-refractivity contribution in [1.82, 2.24) is 0 Å². The summed E-state index contributed by atoms with van der Waals surface area (Å²) in [5, 5.41) is 0. The molecule has 1 atom stereocenters. The molecule has 0 aromatic rings. The maximum Gasteiger partial charge on any atom is 0.306 e. The largest absolute Gasteiger partial charge is 0.463 e. The molecule has 0 rings (SSSR count). The van der Waals surface area contributed by atoms with Crippen molar-refractivity contribution < 1.29 is 23.8 Å². The fourth-order valence-electron chi connectivity index (χ4n) is 8.29. The summed E-state index contributed by atoms with van der Waals surface area (Å²) in [5.74, 6) is -0.422. The summed E-state index contributed by atoms with van der Waals surface area (Å²) in [4.78, 5) is 25.3. The van der Waals surface area contributed by atoms with Gasteiger partial charge in [0.15, 0.2) is 0 Å². The summed E-state index contributed by atoms with van der Waals surface area (Å²) < 4.78 is 17.5. The molecule has 0 saturated heterocycles. The Bertz CT molecular complexity index is 1210. The zero-order chi connectivity index (χ0) is 49.2. The summed E-state index contributed by atoms with van der Waals surface area (Å²) in [6.07, 6.45) is 76.7. The number of ether oxygens (including phenoxy) is 3. The number of unbranched alkanes of at least 4 members (excludes halogenated alkanes) is 31. The van der Waals surface area contributed by atoms with Gasteiger partial charge >= 0.3 is 11.9 Å². The van der Waals surface area contributed by atoms with E-state index in [9.17, 15) is 9.59 Å². The van der Waals surface area contributed by atoms with Gasteiger partial charge < -0.3 is 14.2 Å². The van der Waals surface area contributed by atoms with Gasteiger partial charge in [0, 0.05) is 19.4 Å². The highest BCUT2D eigenvalue weighted by Gasteiger charge is 2.16. The summed E-state index contributed by atoms with van der Waals surface area (Å²) in [7, 11) is 0. The van der Waals surface area contributed by atoms with Gasteiger partial charge in [-0.25, -0.2) is 0 Å². The van der Waals surface area contributed by atoms with Crippen LogP contribution in [0.4, 0.5) is 0 Å². The van der Waals surface area contributed by atoms with E-state index in [2.05, 4.69) is 93.7 Å². The summed E-state index contributed by atoms with van der Waals surface area (Å²) in [6.45, 7) is 7.65. The lowest BCUT2D eigenvalue weighted by molar-refractivity contribution is -0.155. The first-order chi connectivity index (χ1) is 33.6. The molecule has 0 aliphatic heterocycles. The molecule has 0 heterocycles. The molecule has 0 saturated carbocycles. The maximum atomic E-state index is 12.7. The molecule has 0 aromatic heterocycles. The molecule has 0 N–H and O–H groups in total. The van der Waals surface area contributed by atoms with E-state index in [0.717, 1.165) is 51.4 Å². The van der Waals surface area contributed by atoms with Gasteiger partial charge in [0.1, 0.15) is 19.3 Å². The second kappa shape index (κ2) is 58.7. The number of hydrogen-bond donors (Lipinski definition) is 0. The molecule has 394 valence electrons. The van der Waals surface area contributed by atoms with Crippen molar-refractivity contribution in [2.24, 2.45) is 0 Å². The van der Waals surface area contributed by atoms with E-state index in [4.69, 9.17) is 14.2 Å². The molecule has 0 spiro atoms. The van der Waals surface area contributed by atoms with Gasteiger partial charge in [-0.2, -0.15) is 0 Å². The van der Waals surface area contributed by atoms with Crippen LogP contribution in [-0.4, -0.2) is 37.9 Å². The Morgan fingerprint density at radius 2 is 0.588 bits per heavy atom. The van der Waals surface area contributed by atoms with Crippen LogP contribution in [0.5, 0.6) is 0 Å². The quantitative estimate of drug-likeness (QED) is 0.0345. The molecule has 0 unspecified atom stereocenters. The van der Waals surface area contributed by atoms with E-state index < -0.39 is 6.10 Å². The molecular formula is C63H112O5. The molecular weight excluding hydrogens is 837 g/mol. The van der Waals surface area contributed by atoms with Crippen LogP contribution in [0.15, 0.2) is 72.9 Å². The van der Waals surface area contributed by atoms with E-state index in [1.54, 1.807) is 0 Å². The fourth-order valence-corrected chi connectivity index (χ4v) is 8.29. The lowest BCUT2D eigenvalue weighted by Gasteiger charge is -2.18. The van der Waals surface area contributed by atoms with Crippen molar-refractivity contribution in [3.63, 3.8) is 0 Å². The van der Waals surface area contributed by atoms with Gasteiger partial charge in [0.05, 0.1) is 0 Å².